The fourth-order valence-corrected chi connectivity index (χ4v) is 3.02. The fourth-order valence-electron chi connectivity index (χ4n) is 3.02. The number of carbonyl (C=O) groups is 1. The number of amides is 1. The minimum absolute atomic E-state index is 0.123. The molecule has 30 heavy (non-hydrogen) atoms. The predicted octanol–water partition coefficient (Wildman–Crippen LogP) is 5.03. The first-order valence-electron chi connectivity index (χ1n) is 9.99. The second-order valence-electron chi connectivity index (χ2n) is 6.92. The molecule has 0 bridgehead atoms. The summed E-state index contributed by atoms with van der Waals surface area (Å²) < 4.78 is 16.8. The smallest absolute Gasteiger partial charge is 0.262 e. The van der Waals surface area contributed by atoms with Gasteiger partial charge in [0, 0.05) is 0 Å². The van der Waals surface area contributed by atoms with Crippen LogP contribution in [0.5, 0.6) is 17.2 Å². The number of hydrogen-bond donors (Lipinski definition) is 1. The first kappa shape index (κ1) is 21.2. The molecule has 3 aromatic rings. The predicted molar refractivity (Wildman–Crippen MR) is 119 cm³/mol. The van der Waals surface area contributed by atoms with Crippen LogP contribution in [0, 0.1) is 6.92 Å². The summed E-state index contributed by atoms with van der Waals surface area (Å²) in [6.45, 7) is 2.41. The Bertz CT molecular complexity index is 956. The zero-order valence-electron chi connectivity index (χ0n) is 17.4. The molecule has 0 saturated carbocycles. The molecule has 0 atom stereocenters. The lowest BCUT2D eigenvalue weighted by Gasteiger charge is -2.14. The fraction of sp³-hybridized carbons (Fsp3) is 0.240. The van der Waals surface area contributed by atoms with Crippen LogP contribution in [0.3, 0.4) is 0 Å². The van der Waals surface area contributed by atoms with Gasteiger partial charge >= 0.3 is 0 Å². The molecular weight excluding hydrogens is 378 g/mol. The van der Waals surface area contributed by atoms with E-state index in [-0.39, 0.29) is 12.5 Å². The van der Waals surface area contributed by atoms with E-state index in [9.17, 15) is 4.79 Å². The maximum absolute atomic E-state index is 12.4. The lowest BCUT2D eigenvalue weighted by atomic mass is 10.1. The molecule has 5 heteroatoms. The van der Waals surface area contributed by atoms with Gasteiger partial charge in [-0.2, -0.15) is 0 Å². The van der Waals surface area contributed by atoms with Gasteiger partial charge in [-0.1, -0.05) is 48.5 Å². The Labute approximate surface area is 177 Å². The SMILES string of the molecule is COc1cc(C)ccc1OCC(=O)Nc1ccccc1OCCCc1ccccc1. The van der Waals surface area contributed by atoms with Gasteiger partial charge in [-0.15, -0.1) is 0 Å². The van der Waals surface area contributed by atoms with E-state index in [4.69, 9.17) is 14.2 Å². The average molecular weight is 405 g/mol. The topological polar surface area (TPSA) is 56.8 Å². The number of methoxy groups -OCH3 is 1. The first-order valence-corrected chi connectivity index (χ1v) is 9.99. The largest absolute Gasteiger partial charge is 0.493 e. The molecule has 0 aliphatic heterocycles. The summed E-state index contributed by atoms with van der Waals surface area (Å²) >= 11 is 0. The molecule has 0 heterocycles. The molecule has 156 valence electrons. The summed E-state index contributed by atoms with van der Waals surface area (Å²) in [5, 5.41) is 2.86. The standard InChI is InChI=1S/C25H27NO4/c1-19-14-15-23(24(17-19)28-2)30-18-25(27)26-21-12-6-7-13-22(21)29-16-8-11-20-9-4-3-5-10-20/h3-7,9-10,12-15,17H,8,11,16,18H2,1-2H3,(H,26,27). The quantitative estimate of drug-likeness (QED) is 0.481. The third kappa shape index (κ3) is 6.27. The van der Waals surface area contributed by atoms with Gasteiger partial charge in [0.05, 0.1) is 19.4 Å². The van der Waals surface area contributed by atoms with Crippen LogP contribution >= 0.6 is 0 Å². The molecule has 0 aromatic heterocycles. The van der Waals surface area contributed by atoms with E-state index in [0.717, 1.165) is 18.4 Å². The third-order valence-electron chi connectivity index (χ3n) is 4.55. The Morgan fingerprint density at radius 1 is 0.867 bits per heavy atom. The van der Waals surface area contributed by atoms with Crippen molar-refractivity contribution in [3.05, 3.63) is 83.9 Å². The summed E-state index contributed by atoms with van der Waals surface area (Å²) in [7, 11) is 1.58. The third-order valence-corrected chi connectivity index (χ3v) is 4.55. The van der Waals surface area contributed by atoms with Gasteiger partial charge in [0.25, 0.3) is 5.91 Å². The Morgan fingerprint density at radius 3 is 2.43 bits per heavy atom. The number of para-hydroxylation sites is 2. The Kier molecular flexibility index (Phi) is 7.72. The highest BCUT2D eigenvalue weighted by Gasteiger charge is 2.11. The van der Waals surface area contributed by atoms with Crippen molar-refractivity contribution in [1.29, 1.82) is 0 Å². The van der Waals surface area contributed by atoms with E-state index >= 15 is 0 Å². The number of rotatable bonds is 10. The number of aryl methyl sites for hydroxylation is 2. The van der Waals surface area contributed by atoms with Crippen molar-refractivity contribution < 1.29 is 19.0 Å². The van der Waals surface area contributed by atoms with Gasteiger partial charge in [-0.05, 0) is 55.2 Å². The van der Waals surface area contributed by atoms with Crippen molar-refractivity contribution in [1.82, 2.24) is 0 Å². The van der Waals surface area contributed by atoms with Gasteiger partial charge < -0.3 is 19.5 Å². The highest BCUT2D eigenvalue weighted by atomic mass is 16.5. The van der Waals surface area contributed by atoms with Crippen LogP contribution in [-0.2, 0) is 11.2 Å². The Morgan fingerprint density at radius 2 is 1.63 bits per heavy atom. The molecule has 0 saturated heterocycles. The zero-order chi connectivity index (χ0) is 21.2. The number of benzene rings is 3. The van der Waals surface area contributed by atoms with E-state index in [0.29, 0.717) is 29.5 Å². The number of anilines is 1. The second kappa shape index (κ2) is 10.9. The van der Waals surface area contributed by atoms with Crippen molar-refractivity contribution in [3.63, 3.8) is 0 Å². The number of hydrogen-bond acceptors (Lipinski definition) is 4. The van der Waals surface area contributed by atoms with E-state index < -0.39 is 0 Å². The molecule has 0 radical (unpaired) electrons. The molecule has 0 aliphatic carbocycles. The van der Waals surface area contributed by atoms with Crippen molar-refractivity contribution in [2.45, 2.75) is 19.8 Å². The summed E-state index contributed by atoms with van der Waals surface area (Å²) in [4.78, 5) is 12.4. The molecule has 0 unspecified atom stereocenters. The summed E-state index contributed by atoms with van der Waals surface area (Å²) in [6, 6.07) is 23.3. The van der Waals surface area contributed by atoms with Crippen molar-refractivity contribution >= 4 is 11.6 Å². The van der Waals surface area contributed by atoms with E-state index in [1.54, 1.807) is 13.2 Å². The number of carbonyl (C=O) groups excluding carboxylic acids is 1. The van der Waals surface area contributed by atoms with Gasteiger partial charge in [0.1, 0.15) is 5.75 Å². The van der Waals surface area contributed by atoms with E-state index in [1.165, 1.54) is 5.56 Å². The highest BCUT2D eigenvalue weighted by Crippen LogP contribution is 2.28. The first-order chi connectivity index (χ1) is 14.7. The number of ether oxygens (including phenoxy) is 3. The minimum atomic E-state index is -0.266. The van der Waals surface area contributed by atoms with Gasteiger partial charge in [-0.25, -0.2) is 0 Å². The van der Waals surface area contributed by atoms with E-state index in [2.05, 4.69) is 17.4 Å². The van der Waals surface area contributed by atoms with Crippen LogP contribution in [-0.4, -0.2) is 26.2 Å². The normalized spacial score (nSPS) is 10.3. The Balaban J connectivity index is 1.50. The lowest BCUT2D eigenvalue weighted by Crippen LogP contribution is -2.20. The van der Waals surface area contributed by atoms with Crippen molar-refractivity contribution in [2.24, 2.45) is 0 Å². The van der Waals surface area contributed by atoms with Crippen LogP contribution in [0.2, 0.25) is 0 Å². The molecule has 1 N–H and O–H groups in total. The van der Waals surface area contributed by atoms with Crippen LogP contribution in [0.15, 0.2) is 72.8 Å². The average Bonchev–Trinajstić information content (AvgIpc) is 2.77. The molecule has 0 fully saturated rings. The van der Waals surface area contributed by atoms with Crippen LogP contribution in [0.25, 0.3) is 0 Å². The van der Waals surface area contributed by atoms with Crippen LogP contribution in [0.4, 0.5) is 5.69 Å². The maximum Gasteiger partial charge on any atom is 0.262 e. The van der Waals surface area contributed by atoms with Gasteiger partial charge in [0.2, 0.25) is 0 Å². The van der Waals surface area contributed by atoms with Crippen LogP contribution < -0.4 is 19.5 Å². The summed E-state index contributed by atoms with van der Waals surface area (Å²) in [5.74, 6) is 1.51. The molecule has 3 rings (SSSR count). The minimum Gasteiger partial charge on any atom is -0.493 e. The van der Waals surface area contributed by atoms with E-state index in [1.807, 2.05) is 61.5 Å². The monoisotopic (exact) mass is 405 g/mol. The second-order valence-corrected chi connectivity index (χ2v) is 6.92. The van der Waals surface area contributed by atoms with Crippen molar-refractivity contribution in [3.8, 4) is 17.2 Å². The highest BCUT2D eigenvalue weighted by molar-refractivity contribution is 5.93. The molecule has 0 aliphatic rings. The molecular formula is C25H27NO4. The molecule has 3 aromatic carbocycles. The number of nitrogens with one attached hydrogen (secondary N) is 1. The molecule has 1 amide bonds. The van der Waals surface area contributed by atoms with Crippen LogP contribution in [0.1, 0.15) is 17.5 Å². The van der Waals surface area contributed by atoms with Gasteiger partial charge in [0.15, 0.2) is 18.1 Å². The maximum atomic E-state index is 12.4. The summed E-state index contributed by atoms with van der Waals surface area (Å²) in [5.41, 5.74) is 2.97. The van der Waals surface area contributed by atoms with Crippen molar-refractivity contribution in [2.75, 3.05) is 25.6 Å². The molecule has 5 nitrogen and oxygen atoms in total. The Hall–Kier alpha value is -3.47. The lowest BCUT2D eigenvalue weighted by molar-refractivity contribution is -0.118. The summed E-state index contributed by atoms with van der Waals surface area (Å²) in [6.07, 6.45) is 1.84. The zero-order valence-corrected chi connectivity index (χ0v) is 17.4. The molecule has 0 spiro atoms. The van der Waals surface area contributed by atoms with Gasteiger partial charge in [-0.3, -0.25) is 4.79 Å².